The molecular formula is C14H31N3. The van der Waals surface area contributed by atoms with Crippen LogP contribution in [0.5, 0.6) is 0 Å². The molecule has 1 heterocycles. The maximum atomic E-state index is 3.57. The van der Waals surface area contributed by atoms with E-state index in [4.69, 9.17) is 0 Å². The fourth-order valence-electron chi connectivity index (χ4n) is 2.72. The minimum Gasteiger partial charge on any atom is -0.315 e. The van der Waals surface area contributed by atoms with Crippen LogP contribution in [0.15, 0.2) is 0 Å². The Morgan fingerprint density at radius 2 is 1.76 bits per heavy atom. The molecule has 1 aliphatic heterocycles. The Balaban J connectivity index is 2.45. The molecule has 0 aromatic heterocycles. The van der Waals surface area contributed by atoms with Gasteiger partial charge in [0.25, 0.3) is 0 Å². The Labute approximate surface area is 108 Å². The monoisotopic (exact) mass is 241 g/mol. The highest BCUT2D eigenvalue weighted by atomic mass is 15.3. The largest absolute Gasteiger partial charge is 0.315 e. The lowest BCUT2D eigenvalue weighted by atomic mass is 10.1. The van der Waals surface area contributed by atoms with Crippen LogP contribution in [0, 0.1) is 0 Å². The molecule has 3 unspecified atom stereocenters. The molecule has 0 aromatic carbocycles. The van der Waals surface area contributed by atoms with E-state index in [0.29, 0.717) is 18.1 Å². The molecule has 3 nitrogen and oxygen atoms in total. The molecule has 0 saturated carbocycles. The summed E-state index contributed by atoms with van der Waals surface area (Å²) in [4.78, 5) is 5.18. The number of likely N-dealkylation sites (N-methyl/N-ethyl adjacent to an activating group) is 1. The fraction of sp³-hybridized carbons (Fsp3) is 1.00. The summed E-state index contributed by atoms with van der Waals surface area (Å²) in [5, 5.41) is 3.57. The van der Waals surface area contributed by atoms with E-state index >= 15 is 0 Å². The third-order valence-electron chi connectivity index (χ3n) is 4.18. The number of piperazine rings is 1. The van der Waals surface area contributed by atoms with Crippen molar-refractivity contribution in [2.24, 2.45) is 0 Å². The van der Waals surface area contributed by atoms with Gasteiger partial charge in [0.2, 0.25) is 0 Å². The van der Waals surface area contributed by atoms with Crippen LogP contribution in [-0.4, -0.2) is 61.2 Å². The van der Waals surface area contributed by atoms with Gasteiger partial charge < -0.3 is 5.32 Å². The van der Waals surface area contributed by atoms with Crippen molar-refractivity contribution in [3.8, 4) is 0 Å². The van der Waals surface area contributed by atoms with Gasteiger partial charge in [-0.3, -0.25) is 9.80 Å². The Morgan fingerprint density at radius 1 is 1.18 bits per heavy atom. The fourth-order valence-corrected chi connectivity index (χ4v) is 2.72. The van der Waals surface area contributed by atoms with Gasteiger partial charge >= 0.3 is 0 Å². The Hall–Kier alpha value is -0.120. The molecule has 1 aliphatic rings. The molecule has 1 N–H and O–H groups in total. The predicted octanol–water partition coefficient (Wildman–Crippen LogP) is 1.79. The second kappa shape index (κ2) is 7.34. The highest BCUT2D eigenvalue weighted by Crippen LogP contribution is 2.16. The molecule has 0 aliphatic carbocycles. The van der Waals surface area contributed by atoms with E-state index in [0.717, 1.165) is 13.1 Å². The quantitative estimate of drug-likeness (QED) is 0.715. The van der Waals surface area contributed by atoms with Crippen molar-refractivity contribution in [2.45, 2.75) is 58.7 Å². The van der Waals surface area contributed by atoms with Gasteiger partial charge in [-0.25, -0.2) is 0 Å². The molecular weight excluding hydrogens is 210 g/mol. The topological polar surface area (TPSA) is 18.5 Å². The molecule has 0 bridgehead atoms. The molecule has 3 atom stereocenters. The molecule has 1 fully saturated rings. The smallest absolute Gasteiger partial charge is 0.0219 e. The standard InChI is InChI=1S/C14H31N3/c1-6-8-15-9-14(7-2)17-10-12(3)16(5)13(4)11-17/h12-15H,6-11H2,1-5H3. The average Bonchev–Trinajstić information content (AvgIpc) is 2.31. The molecule has 0 radical (unpaired) electrons. The van der Waals surface area contributed by atoms with Gasteiger partial charge in [0, 0.05) is 37.8 Å². The van der Waals surface area contributed by atoms with Gasteiger partial charge in [-0.2, -0.15) is 0 Å². The zero-order chi connectivity index (χ0) is 12.8. The van der Waals surface area contributed by atoms with Crippen LogP contribution in [0.2, 0.25) is 0 Å². The summed E-state index contributed by atoms with van der Waals surface area (Å²) < 4.78 is 0. The lowest BCUT2D eigenvalue weighted by Crippen LogP contribution is -2.58. The number of rotatable bonds is 6. The maximum absolute atomic E-state index is 3.57. The van der Waals surface area contributed by atoms with Crippen molar-refractivity contribution >= 4 is 0 Å². The molecule has 0 spiro atoms. The Morgan fingerprint density at radius 3 is 2.24 bits per heavy atom. The molecule has 3 heteroatoms. The van der Waals surface area contributed by atoms with Crippen LogP contribution in [0.3, 0.4) is 0 Å². The highest BCUT2D eigenvalue weighted by Gasteiger charge is 2.29. The summed E-state index contributed by atoms with van der Waals surface area (Å²) in [5.74, 6) is 0. The highest BCUT2D eigenvalue weighted by molar-refractivity contribution is 4.86. The van der Waals surface area contributed by atoms with E-state index in [1.165, 1.54) is 25.9 Å². The minimum atomic E-state index is 0.680. The van der Waals surface area contributed by atoms with Crippen molar-refractivity contribution in [2.75, 3.05) is 33.2 Å². The second-order valence-electron chi connectivity index (χ2n) is 5.58. The first kappa shape index (κ1) is 14.9. The molecule has 102 valence electrons. The van der Waals surface area contributed by atoms with E-state index in [9.17, 15) is 0 Å². The van der Waals surface area contributed by atoms with Crippen molar-refractivity contribution in [3.05, 3.63) is 0 Å². The summed E-state index contributed by atoms with van der Waals surface area (Å²) in [6.07, 6.45) is 2.48. The van der Waals surface area contributed by atoms with Crippen LogP contribution in [0.4, 0.5) is 0 Å². The van der Waals surface area contributed by atoms with Crippen molar-refractivity contribution in [1.29, 1.82) is 0 Å². The number of hydrogen-bond donors (Lipinski definition) is 1. The summed E-state index contributed by atoms with van der Waals surface area (Å²) in [6, 6.07) is 2.07. The van der Waals surface area contributed by atoms with Crippen LogP contribution in [-0.2, 0) is 0 Å². The average molecular weight is 241 g/mol. The van der Waals surface area contributed by atoms with E-state index in [1.807, 2.05) is 0 Å². The first-order valence-corrected chi connectivity index (χ1v) is 7.26. The van der Waals surface area contributed by atoms with Crippen LogP contribution in [0.1, 0.15) is 40.5 Å². The summed E-state index contributed by atoms with van der Waals surface area (Å²) in [5.41, 5.74) is 0. The summed E-state index contributed by atoms with van der Waals surface area (Å²) in [7, 11) is 2.25. The second-order valence-corrected chi connectivity index (χ2v) is 5.58. The van der Waals surface area contributed by atoms with Gasteiger partial charge in [0.15, 0.2) is 0 Å². The van der Waals surface area contributed by atoms with Crippen molar-refractivity contribution < 1.29 is 0 Å². The third-order valence-corrected chi connectivity index (χ3v) is 4.18. The molecule has 17 heavy (non-hydrogen) atoms. The van der Waals surface area contributed by atoms with Crippen LogP contribution >= 0.6 is 0 Å². The normalized spacial score (nSPS) is 29.5. The maximum Gasteiger partial charge on any atom is 0.0219 e. The summed E-state index contributed by atoms with van der Waals surface area (Å²) in [6.45, 7) is 14.0. The first-order chi connectivity index (χ1) is 8.10. The molecule has 0 amide bonds. The van der Waals surface area contributed by atoms with E-state index in [-0.39, 0.29) is 0 Å². The van der Waals surface area contributed by atoms with Gasteiger partial charge in [-0.1, -0.05) is 13.8 Å². The first-order valence-electron chi connectivity index (χ1n) is 7.26. The predicted molar refractivity (Wildman–Crippen MR) is 75.5 cm³/mol. The molecule has 0 aromatic rings. The number of hydrogen-bond acceptors (Lipinski definition) is 3. The van der Waals surface area contributed by atoms with Crippen molar-refractivity contribution in [1.82, 2.24) is 15.1 Å². The Kier molecular flexibility index (Phi) is 6.45. The lowest BCUT2D eigenvalue weighted by molar-refractivity contribution is 0.0325. The van der Waals surface area contributed by atoms with Crippen molar-refractivity contribution in [3.63, 3.8) is 0 Å². The zero-order valence-corrected chi connectivity index (χ0v) is 12.4. The molecule has 1 saturated heterocycles. The number of nitrogens with one attached hydrogen (secondary N) is 1. The number of nitrogens with zero attached hydrogens (tertiary/aromatic N) is 2. The zero-order valence-electron chi connectivity index (χ0n) is 12.4. The van der Waals surface area contributed by atoms with E-state index in [2.05, 4.69) is 49.9 Å². The van der Waals surface area contributed by atoms with Gasteiger partial charge in [0.05, 0.1) is 0 Å². The third kappa shape index (κ3) is 4.23. The van der Waals surface area contributed by atoms with Gasteiger partial charge in [-0.15, -0.1) is 0 Å². The van der Waals surface area contributed by atoms with Crippen LogP contribution < -0.4 is 5.32 Å². The van der Waals surface area contributed by atoms with E-state index < -0.39 is 0 Å². The van der Waals surface area contributed by atoms with Gasteiger partial charge in [-0.05, 0) is 40.3 Å². The van der Waals surface area contributed by atoms with Crippen LogP contribution in [0.25, 0.3) is 0 Å². The summed E-state index contributed by atoms with van der Waals surface area (Å²) >= 11 is 0. The lowest BCUT2D eigenvalue weighted by Gasteiger charge is -2.45. The van der Waals surface area contributed by atoms with E-state index in [1.54, 1.807) is 0 Å². The Bertz CT molecular complexity index is 196. The SMILES string of the molecule is CCCNCC(CC)N1CC(C)N(C)C(C)C1. The minimum absolute atomic E-state index is 0.680. The molecule has 1 rings (SSSR count). The van der Waals surface area contributed by atoms with Gasteiger partial charge in [0.1, 0.15) is 0 Å².